The van der Waals surface area contributed by atoms with Crippen LogP contribution in [0.15, 0.2) is 23.7 Å². The van der Waals surface area contributed by atoms with Gasteiger partial charge in [0.2, 0.25) is 5.88 Å². The Kier molecular flexibility index (Phi) is 4.96. The van der Waals surface area contributed by atoms with E-state index in [2.05, 4.69) is 15.3 Å². The van der Waals surface area contributed by atoms with Gasteiger partial charge in [0.25, 0.3) is 5.91 Å². The summed E-state index contributed by atoms with van der Waals surface area (Å²) in [6, 6.07) is 3.14. The lowest BCUT2D eigenvalue weighted by molar-refractivity contribution is -0.140. The van der Waals surface area contributed by atoms with Crippen LogP contribution in [0.3, 0.4) is 0 Å². The fourth-order valence-electron chi connectivity index (χ4n) is 1.66. The second kappa shape index (κ2) is 6.73. The zero-order valence-electron chi connectivity index (χ0n) is 11.5. The number of thiazole rings is 1. The molecular formula is C13H12F3N3O2S. The number of halogens is 3. The summed E-state index contributed by atoms with van der Waals surface area (Å²) in [5.41, 5.74) is -0.645. The fourth-order valence-corrected chi connectivity index (χ4v) is 2.47. The first kappa shape index (κ1) is 16.2. The molecule has 1 N–H and O–H groups in total. The molecule has 0 aliphatic heterocycles. The average molecular weight is 331 g/mol. The van der Waals surface area contributed by atoms with Crippen molar-refractivity contribution in [2.45, 2.75) is 12.6 Å². The number of amides is 1. The van der Waals surface area contributed by atoms with Gasteiger partial charge in [0, 0.05) is 24.5 Å². The first-order chi connectivity index (χ1) is 10.4. The smallest absolute Gasteiger partial charge is 0.434 e. The highest BCUT2D eigenvalue weighted by molar-refractivity contribution is 7.09. The third kappa shape index (κ3) is 3.94. The minimum atomic E-state index is -4.44. The second-order valence-electron chi connectivity index (χ2n) is 4.19. The molecule has 0 fully saturated rings. The summed E-state index contributed by atoms with van der Waals surface area (Å²) in [6.45, 7) is 0.168. The molecule has 9 heteroatoms. The molecule has 0 saturated heterocycles. The first-order valence-corrected chi connectivity index (χ1v) is 7.08. The monoisotopic (exact) mass is 331 g/mol. The van der Waals surface area contributed by atoms with Crippen molar-refractivity contribution in [3.05, 3.63) is 40.0 Å². The van der Waals surface area contributed by atoms with Gasteiger partial charge < -0.3 is 10.1 Å². The number of carbonyl (C=O) groups excluding carboxylic acids is 1. The van der Waals surface area contributed by atoms with Gasteiger partial charge in [-0.3, -0.25) is 4.79 Å². The minimum Gasteiger partial charge on any atom is -0.480 e. The third-order valence-electron chi connectivity index (χ3n) is 2.68. The molecule has 0 aromatic carbocycles. The second-order valence-corrected chi connectivity index (χ2v) is 5.13. The molecule has 2 aromatic rings. The van der Waals surface area contributed by atoms with E-state index in [1.54, 1.807) is 12.1 Å². The van der Waals surface area contributed by atoms with Gasteiger partial charge in [-0.1, -0.05) is 0 Å². The van der Waals surface area contributed by atoms with Gasteiger partial charge in [-0.05, 0) is 12.1 Å². The number of methoxy groups -OCH3 is 1. The fraction of sp³-hybridized carbons (Fsp3) is 0.308. The van der Waals surface area contributed by atoms with Gasteiger partial charge in [-0.15, -0.1) is 11.3 Å². The Morgan fingerprint density at radius 3 is 2.86 bits per heavy atom. The number of carbonyl (C=O) groups is 1. The number of ether oxygens (including phenoxy) is 1. The molecule has 2 aromatic heterocycles. The maximum absolute atomic E-state index is 12.4. The van der Waals surface area contributed by atoms with Crippen LogP contribution in [-0.2, 0) is 12.6 Å². The van der Waals surface area contributed by atoms with E-state index < -0.39 is 17.8 Å². The molecule has 2 heterocycles. The largest absolute Gasteiger partial charge is 0.480 e. The van der Waals surface area contributed by atoms with E-state index in [9.17, 15) is 18.0 Å². The summed E-state index contributed by atoms with van der Waals surface area (Å²) < 4.78 is 42.2. The number of nitrogens with one attached hydrogen (secondary N) is 1. The topological polar surface area (TPSA) is 64.1 Å². The van der Waals surface area contributed by atoms with E-state index in [1.165, 1.54) is 13.3 Å². The molecule has 2 rings (SSSR count). The van der Waals surface area contributed by atoms with E-state index in [4.69, 9.17) is 4.74 Å². The van der Waals surface area contributed by atoms with Crippen molar-refractivity contribution in [2.24, 2.45) is 0 Å². The van der Waals surface area contributed by atoms with Crippen LogP contribution in [0.4, 0.5) is 13.2 Å². The molecule has 1 amide bonds. The predicted molar refractivity (Wildman–Crippen MR) is 73.9 cm³/mol. The number of hydrogen-bond acceptors (Lipinski definition) is 5. The summed E-state index contributed by atoms with van der Waals surface area (Å²) >= 11 is 0.912. The maximum Gasteiger partial charge on any atom is 0.434 e. The molecule has 0 atom stereocenters. The number of alkyl halides is 3. The van der Waals surface area contributed by atoms with Crippen molar-refractivity contribution in [3.8, 4) is 5.88 Å². The molecule has 0 aliphatic rings. The molecule has 0 aliphatic carbocycles. The zero-order valence-corrected chi connectivity index (χ0v) is 12.3. The summed E-state index contributed by atoms with van der Waals surface area (Å²) in [7, 11) is 1.40. The first-order valence-electron chi connectivity index (χ1n) is 6.20. The van der Waals surface area contributed by atoms with Crippen LogP contribution >= 0.6 is 11.3 Å². The Morgan fingerprint density at radius 1 is 1.45 bits per heavy atom. The van der Waals surface area contributed by atoms with Crippen molar-refractivity contribution in [1.29, 1.82) is 0 Å². The SMILES string of the molecule is COc1ncccc1C(=O)NCCc1nc(C(F)(F)F)cs1. The molecule has 0 spiro atoms. The van der Waals surface area contributed by atoms with Crippen LogP contribution in [0, 0.1) is 0 Å². The van der Waals surface area contributed by atoms with Crippen molar-refractivity contribution in [3.63, 3.8) is 0 Å². The average Bonchev–Trinajstić information content (AvgIpc) is 2.96. The predicted octanol–water partition coefficient (Wildman–Crippen LogP) is 2.54. The van der Waals surface area contributed by atoms with Crippen LogP contribution < -0.4 is 10.1 Å². The van der Waals surface area contributed by atoms with Crippen molar-refractivity contribution in [2.75, 3.05) is 13.7 Å². The van der Waals surface area contributed by atoms with Gasteiger partial charge >= 0.3 is 6.18 Å². The van der Waals surface area contributed by atoms with Gasteiger partial charge in [-0.2, -0.15) is 13.2 Å². The number of pyridine rings is 1. The van der Waals surface area contributed by atoms with E-state index in [0.29, 0.717) is 5.01 Å². The van der Waals surface area contributed by atoms with E-state index in [-0.39, 0.29) is 24.4 Å². The van der Waals surface area contributed by atoms with Crippen molar-refractivity contribution < 1.29 is 22.7 Å². The lowest BCUT2D eigenvalue weighted by Crippen LogP contribution is -2.26. The Balaban J connectivity index is 1.91. The minimum absolute atomic E-state index is 0.168. The van der Waals surface area contributed by atoms with Gasteiger partial charge in [0.1, 0.15) is 5.56 Å². The van der Waals surface area contributed by atoms with Crippen LogP contribution in [0.2, 0.25) is 0 Å². The summed E-state index contributed by atoms with van der Waals surface area (Å²) in [5, 5.41) is 3.87. The van der Waals surface area contributed by atoms with Crippen molar-refractivity contribution in [1.82, 2.24) is 15.3 Å². The van der Waals surface area contributed by atoms with E-state index in [0.717, 1.165) is 16.7 Å². The van der Waals surface area contributed by atoms with Crippen LogP contribution in [-0.4, -0.2) is 29.5 Å². The Bertz CT molecular complexity index is 658. The molecule has 0 radical (unpaired) electrons. The van der Waals surface area contributed by atoms with E-state index in [1.807, 2.05) is 0 Å². The zero-order chi connectivity index (χ0) is 16.2. The summed E-state index contributed by atoms with van der Waals surface area (Å²) in [5.74, 6) is -0.217. The highest BCUT2D eigenvalue weighted by atomic mass is 32.1. The van der Waals surface area contributed by atoms with E-state index >= 15 is 0 Å². The van der Waals surface area contributed by atoms with Crippen molar-refractivity contribution >= 4 is 17.2 Å². The van der Waals surface area contributed by atoms with Crippen LogP contribution in [0.25, 0.3) is 0 Å². The number of nitrogens with zero attached hydrogens (tertiary/aromatic N) is 2. The Labute approximate surface area is 128 Å². The van der Waals surface area contributed by atoms with Crippen LogP contribution in [0.5, 0.6) is 5.88 Å². The normalized spacial score (nSPS) is 11.3. The summed E-state index contributed by atoms with van der Waals surface area (Å²) in [6.07, 6.45) is -2.74. The Morgan fingerprint density at radius 2 is 2.23 bits per heavy atom. The highest BCUT2D eigenvalue weighted by Crippen LogP contribution is 2.30. The highest BCUT2D eigenvalue weighted by Gasteiger charge is 2.33. The number of hydrogen-bond donors (Lipinski definition) is 1. The Hall–Kier alpha value is -2.16. The molecule has 0 unspecified atom stereocenters. The lowest BCUT2D eigenvalue weighted by atomic mass is 10.2. The lowest BCUT2D eigenvalue weighted by Gasteiger charge is -2.07. The molecular weight excluding hydrogens is 319 g/mol. The molecule has 0 saturated carbocycles. The molecule has 0 bridgehead atoms. The van der Waals surface area contributed by atoms with Gasteiger partial charge in [0.05, 0.1) is 12.1 Å². The number of aromatic nitrogens is 2. The van der Waals surface area contributed by atoms with Crippen LogP contribution in [0.1, 0.15) is 21.1 Å². The summed E-state index contributed by atoms with van der Waals surface area (Å²) in [4.78, 5) is 19.3. The molecule has 118 valence electrons. The van der Waals surface area contributed by atoms with Gasteiger partial charge in [-0.25, -0.2) is 9.97 Å². The number of rotatable bonds is 5. The quantitative estimate of drug-likeness (QED) is 0.914. The third-order valence-corrected chi connectivity index (χ3v) is 3.58. The maximum atomic E-state index is 12.4. The standard InChI is InChI=1S/C13H12F3N3O2S/c1-21-12-8(3-2-5-18-12)11(20)17-6-4-10-19-9(7-22-10)13(14,15)16/h2-3,5,7H,4,6H2,1H3,(H,17,20). The van der Waals surface area contributed by atoms with Gasteiger partial charge in [0.15, 0.2) is 5.69 Å². The molecule has 5 nitrogen and oxygen atoms in total. The molecule has 22 heavy (non-hydrogen) atoms.